The van der Waals surface area contributed by atoms with Crippen LogP contribution >= 0.6 is 0 Å². The molecule has 0 aliphatic carbocycles. The van der Waals surface area contributed by atoms with Crippen LogP contribution in [0.2, 0.25) is 0 Å². The number of amides is 3. The zero-order chi connectivity index (χ0) is 18.1. The summed E-state index contributed by atoms with van der Waals surface area (Å²) in [4.78, 5) is 49.2. The number of ether oxygens (including phenoxy) is 1. The molecule has 0 saturated heterocycles. The minimum atomic E-state index is -1.11. The van der Waals surface area contributed by atoms with Crippen LogP contribution in [0.4, 0.5) is 0 Å². The van der Waals surface area contributed by atoms with Crippen molar-refractivity contribution in [3.8, 4) is 0 Å². The molecule has 1 heterocycles. The van der Waals surface area contributed by atoms with E-state index in [0.717, 1.165) is 4.90 Å². The molecule has 0 aromatic heterocycles. The van der Waals surface area contributed by atoms with Crippen molar-refractivity contribution in [3.05, 3.63) is 35.4 Å². The van der Waals surface area contributed by atoms with Crippen molar-refractivity contribution in [2.75, 3.05) is 6.61 Å². The first-order chi connectivity index (χ1) is 11.1. The minimum Gasteiger partial charge on any atom is -0.454 e. The molecule has 0 spiro atoms. The van der Waals surface area contributed by atoms with Crippen LogP contribution in [0.3, 0.4) is 0 Å². The van der Waals surface area contributed by atoms with E-state index in [1.165, 1.54) is 19.1 Å². The maximum Gasteiger partial charge on any atom is 0.329 e. The maximum atomic E-state index is 12.3. The van der Waals surface area contributed by atoms with Gasteiger partial charge in [-0.05, 0) is 39.8 Å². The Morgan fingerprint density at radius 1 is 1.12 bits per heavy atom. The second-order valence-corrected chi connectivity index (χ2v) is 6.61. The summed E-state index contributed by atoms with van der Waals surface area (Å²) >= 11 is 0. The fourth-order valence-corrected chi connectivity index (χ4v) is 2.38. The van der Waals surface area contributed by atoms with Gasteiger partial charge in [0.05, 0.1) is 11.1 Å². The Morgan fingerprint density at radius 3 is 2.08 bits per heavy atom. The Kier molecular flexibility index (Phi) is 4.73. The van der Waals surface area contributed by atoms with Gasteiger partial charge in [0.25, 0.3) is 17.7 Å². The second kappa shape index (κ2) is 6.43. The molecule has 0 bridgehead atoms. The van der Waals surface area contributed by atoms with Gasteiger partial charge in [-0.25, -0.2) is 4.79 Å². The van der Waals surface area contributed by atoms with Crippen LogP contribution in [0.5, 0.6) is 0 Å². The molecule has 24 heavy (non-hydrogen) atoms. The molecule has 7 nitrogen and oxygen atoms in total. The van der Waals surface area contributed by atoms with Gasteiger partial charge in [0.2, 0.25) is 0 Å². The number of fused-ring (bicyclic) bond motifs is 1. The van der Waals surface area contributed by atoms with Crippen LogP contribution in [-0.2, 0) is 14.3 Å². The summed E-state index contributed by atoms with van der Waals surface area (Å²) < 4.78 is 4.92. The molecule has 0 saturated carbocycles. The van der Waals surface area contributed by atoms with Gasteiger partial charge < -0.3 is 10.1 Å². The third kappa shape index (κ3) is 3.61. The molecule has 1 aromatic rings. The standard InChI is InChI=1S/C17H20N2O5/c1-10(16(23)24-9-13(20)18-17(2,3)4)19-14(21)11-7-5-6-8-12(11)15(19)22/h5-8,10H,9H2,1-4H3,(H,18,20)/t10-/m0/s1. The molecule has 0 radical (unpaired) electrons. The first-order valence-corrected chi connectivity index (χ1v) is 7.56. The Hall–Kier alpha value is -2.70. The molecule has 1 aromatic carbocycles. The number of rotatable bonds is 4. The number of benzene rings is 1. The van der Waals surface area contributed by atoms with E-state index in [1.54, 1.807) is 32.9 Å². The van der Waals surface area contributed by atoms with Gasteiger partial charge in [-0.3, -0.25) is 19.3 Å². The van der Waals surface area contributed by atoms with Gasteiger partial charge in [0.1, 0.15) is 6.04 Å². The topological polar surface area (TPSA) is 92.8 Å². The van der Waals surface area contributed by atoms with E-state index < -0.39 is 41.9 Å². The largest absolute Gasteiger partial charge is 0.454 e. The lowest BCUT2D eigenvalue weighted by Crippen LogP contribution is -2.46. The van der Waals surface area contributed by atoms with E-state index in [9.17, 15) is 19.2 Å². The van der Waals surface area contributed by atoms with Crippen molar-refractivity contribution >= 4 is 23.7 Å². The third-order valence-corrected chi connectivity index (χ3v) is 3.41. The molecule has 1 aliphatic heterocycles. The van der Waals surface area contributed by atoms with E-state index in [0.29, 0.717) is 0 Å². The van der Waals surface area contributed by atoms with Crippen LogP contribution in [0.15, 0.2) is 24.3 Å². The van der Waals surface area contributed by atoms with Crippen LogP contribution in [0.1, 0.15) is 48.4 Å². The lowest BCUT2D eigenvalue weighted by Gasteiger charge is -2.22. The van der Waals surface area contributed by atoms with Gasteiger partial charge in [0, 0.05) is 5.54 Å². The molecule has 7 heteroatoms. The molecule has 128 valence electrons. The van der Waals surface area contributed by atoms with Crippen molar-refractivity contribution < 1.29 is 23.9 Å². The Bertz CT molecular complexity index is 670. The Balaban J connectivity index is 2.01. The maximum absolute atomic E-state index is 12.3. The van der Waals surface area contributed by atoms with Gasteiger partial charge >= 0.3 is 5.97 Å². The van der Waals surface area contributed by atoms with Gasteiger partial charge in [-0.1, -0.05) is 12.1 Å². The summed E-state index contributed by atoms with van der Waals surface area (Å²) in [5.41, 5.74) is 0.0673. The van der Waals surface area contributed by atoms with E-state index in [4.69, 9.17) is 4.74 Å². The summed E-state index contributed by atoms with van der Waals surface area (Å²) in [6.07, 6.45) is 0. The number of carbonyl (C=O) groups is 4. The lowest BCUT2D eigenvalue weighted by molar-refractivity contribution is -0.152. The Labute approximate surface area is 140 Å². The number of imide groups is 1. The third-order valence-electron chi connectivity index (χ3n) is 3.41. The summed E-state index contributed by atoms with van der Waals surface area (Å²) in [7, 11) is 0. The first kappa shape index (κ1) is 17.7. The lowest BCUT2D eigenvalue weighted by atomic mass is 10.1. The zero-order valence-electron chi connectivity index (χ0n) is 14.1. The summed E-state index contributed by atoms with van der Waals surface area (Å²) in [6, 6.07) is 5.25. The van der Waals surface area contributed by atoms with Crippen molar-refractivity contribution in [1.29, 1.82) is 0 Å². The molecular weight excluding hydrogens is 312 g/mol. The van der Waals surface area contributed by atoms with Crippen LogP contribution in [0.25, 0.3) is 0 Å². The number of esters is 1. The average molecular weight is 332 g/mol. The molecule has 1 aliphatic rings. The number of carbonyl (C=O) groups excluding carboxylic acids is 4. The molecule has 1 N–H and O–H groups in total. The van der Waals surface area contributed by atoms with Crippen LogP contribution in [-0.4, -0.2) is 46.8 Å². The minimum absolute atomic E-state index is 0.257. The molecular formula is C17H20N2O5. The van der Waals surface area contributed by atoms with Gasteiger partial charge in [-0.15, -0.1) is 0 Å². The highest BCUT2D eigenvalue weighted by Crippen LogP contribution is 2.24. The highest BCUT2D eigenvalue weighted by Gasteiger charge is 2.41. The second-order valence-electron chi connectivity index (χ2n) is 6.61. The summed E-state index contributed by atoms with van der Waals surface area (Å²) in [5.74, 6) is -2.35. The monoisotopic (exact) mass is 332 g/mol. The predicted molar refractivity (Wildman–Crippen MR) is 85.3 cm³/mol. The van der Waals surface area contributed by atoms with Crippen molar-refractivity contribution in [2.24, 2.45) is 0 Å². The number of hydrogen-bond acceptors (Lipinski definition) is 5. The smallest absolute Gasteiger partial charge is 0.329 e. The quantitative estimate of drug-likeness (QED) is 0.659. The first-order valence-electron chi connectivity index (χ1n) is 7.56. The van der Waals surface area contributed by atoms with E-state index in [2.05, 4.69) is 5.32 Å². The fraction of sp³-hybridized carbons (Fsp3) is 0.412. The fourth-order valence-electron chi connectivity index (χ4n) is 2.38. The highest BCUT2D eigenvalue weighted by molar-refractivity contribution is 6.22. The number of nitrogens with zero attached hydrogens (tertiary/aromatic N) is 1. The zero-order valence-corrected chi connectivity index (χ0v) is 14.1. The molecule has 3 amide bonds. The molecule has 0 fully saturated rings. The van der Waals surface area contributed by atoms with Crippen LogP contribution < -0.4 is 5.32 Å². The van der Waals surface area contributed by atoms with E-state index in [1.807, 2.05) is 0 Å². The molecule has 2 rings (SSSR count). The highest BCUT2D eigenvalue weighted by atomic mass is 16.5. The number of nitrogens with one attached hydrogen (secondary N) is 1. The van der Waals surface area contributed by atoms with Crippen LogP contribution in [0, 0.1) is 0 Å². The number of hydrogen-bond donors (Lipinski definition) is 1. The normalized spacial score (nSPS) is 15.1. The van der Waals surface area contributed by atoms with Gasteiger partial charge in [-0.2, -0.15) is 0 Å². The Morgan fingerprint density at radius 2 is 1.62 bits per heavy atom. The van der Waals surface area contributed by atoms with Crippen molar-refractivity contribution in [2.45, 2.75) is 39.3 Å². The van der Waals surface area contributed by atoms with Gasteiger partial charge in [0.15, 0.2) is 6.61 Å². The molecule has 1 atom stereocenters. The SMILES string of the molecule is C[C@@H](C(=O)OCC(=O)NC(C)(C)C)N1C(=O)c2ccccc2C1=O. The van der Waals surface area contributed by atoms with E-state index in [-0.39, 0.29) is 11.1 Å². The summed E-state index contributed by atoms with van der Waals surface area (Å²) in [5, 5.41) is 2.65. The van der Waals surface area contributed by atoms with Crippen molar-refractivity contribution in [1.82, 2.24) is 10.2 Å². The van der Waals surface area contributed by atoms with E-state index >= 15 is 0 Å². The average Bonchev–Trinajstić information content (AvgIpc) is 2.74. The predicted octanol–water partition coefficient (Wildman–Crippen LogP) is 1.13. The summed E-state index contributed by atoms with van der Waals surface area (Å²) in [6.45, 7) is 6.33. The molecule has 0 unspecified atom stereocenters. The van der Waals surface area contributed by atoms with Crippen molar-refractivity contribution in [3.63, 3.8) is 0 Å².